The molecule has 2 aliphatic rings. The fourth-order valence-corrected chi connectivity index (χ4v) is 3.98. The molecule has 0 spiro atoms. The minimum Gasteiger partial charge on any atom is -0.293 e. The van der Waals surface area contributed by atoms with Crippen LogP contribution in [-0.2, 0) is 13.1 Å². The number of nitrogens with one attached hydrogen (secondary N) is 1. The van der Waals surface area contributed by atoms with Crippen LogP contribution in [0.4, 0.5) is 5.95 Å². The largest absolute Gasteiger partial charge is 0.345 e. The van der Waals surface area contributed by atoms with Crippen LogP contribution >= 0.6 is 43.6 Å². The van der Waals surface area contributed by atoms with E-state index in [0.717, 1.165) is 36.1 Å². The number of fused-ring (bicyclic) bond motifs is 3. The Balaban J connectivity index is 1.93. The van der Waals surface area contributed by atoms with Crippen LogP contribution in [0.15, 0.2) is 5.16 Å². The maximum Gasteiger partial charge on any atom is 0.345 e. The van der Waals surface area contributed by atoms with E-state index in [1.807, 2.05) is 11.8 Å². The van der Waals surface area contributed by atoms with Crippen LogP contribution in [0, 0.1) is 0 Å². The van der Waals surface area contributed by atoms with Gasteiger partial charge in [-0.2, -0.15) is 0 Å². The molecule has 82 valence electrons. The van der Waals surface area contributed by atoms with Gasteiger partial charge in [0.15, 0.2) is 0 Å². The van der Waals surface area contributed by atoms with E-state index in [1.54, 1.807) is 0 Å². The van der Waals surface area contributed by atoms with Crippen molar-refractivity contribution in [2.24, 2.45) is 0 Å². The molecule has 15 heavy (non-hydrogen) atoms. The number of halogens is 2. The first-order valence-electron chi connectivity index (χ1n) is 4.89. The van der Waals surface area contributed by atoms with Crippen molar-refractivity contribution in [3.05, 3.63) is 0 Å². The predicted molar refractivity (Wildman–Crippen MR) is 67.1 cm³/mol. The van der Waals surface area contributed by atoms with Crippen LogP contribution in [0.3, 0.4) is 0 Å². The summed E-state index contributed by atoms with van der Waals surface area (Å²) in [5.74, 6) is 1.16. The van der Waals surface area contributed by atoms with E-state index < -0.39 is 0 Å². The molecule has 3 heterocycles. The lowest BCUT2D eigenvalue weighted by molar-refractivity contribution is -0.713. The quantitative estimate of drug-likeness (QED) is 0.608. The monoisotopic (exact) mass is 353 g/mol. The summed E-state index contributed by atoms with van der Waals surface area (Å²) in [6.07, 6.45) is 0. The summed E-state index contributed by atoms with van der Waals surface area (Å²) in [7, 11) is 0. The molecule has 1 N–H and O–H groups in total. The molecule has 2 atom stereocenters. The van der Waals surface area contributed by atoms with Crippen LogP contribution in [-0.4, -0.2) is 31.7 Å². The highest BCUT2D eigenvalue weighted by atomic mass is 79.9. The van der Waals surface area contributed by atoms with Gasteiger partial charge in [-0.25, -0.2) is 4.57 Å². The Bertz CT molecular complexity index is 394. The molecule has 7 heteroatoms. The lowest BCUT2D eigenvalue weighted by atomic mass is 10.4. The van der Waals surface area contributed by atoms with E-state index in [2.05, 4.69) is 51.5 Å². The Kier molecular flexibility index (Phi) is 2.72. The van der Waals surface area contributed by atoms with Crippen molar-refractivity contribution in [3.8, 4) is 0 Å². The third-order valence-electron chi connectivity index (χ3n) is 2.62. The highest BCUT2D eigenvalue weighted by Gasteiger charge is 2.37. The molecule has 0 saturated heterocycles. The molecule has 2 unspecified atom stereocenters. The zero-order valence-corrected chi connectivity index (χ0v) is 12.0. The van der Waals surface area contributed by atoms with Crippen molar-refractivity contribution < 1.29 is 4.57 Å². The van der Waals surface area contributed by atoms with Crippen molar-refractivity contribution >= 4 is 49.6 Å². The van der Waals surface area contributed by atoms with E-state index >= 15 is 0 Å². The van der Waals surface area contributed by atoms with E-state index in [1.165, 1.54) is 0 Å². The fraction of sp³-hybridized carbons (Fsp3) is 0.750. The summed E-state index contributed by atoms with van der Waals surface area (Å²) in [6, 6.07) is 0. The second-order valence-corrected chi connectivity index (χ2v) is 6.98. The molecule has 0 aliphatic carbocycles. The number of rotatable bonds is 1. The van der Waals surface area contributed by atoms with Gasteiger partial charge in [-0.1, -0.05) is 43.6 Å². The number of aromatic nitrogens is 3. The van der Waals surface area contributed by atoms with Gasteiger partial charge in [0.2, 0.25) is 0 Å². The number of anilines is 1. The number of thioether (sulfide) groups is 1. The third kappa shape index (κ3) is 1.72. The summed E-state index contributed by atoms with van der Waals surface area (Å²) in [5.41, 5.74) is 0. The fourth-order valence-electron chi connectivity index (χ4n) is 1.92. The number of hydrogen-bond acceptors (Lipinski definition) is 3. The number of hydrogen-bond donors (Lipinski definition) is 1. The van der Waals surface area contributed by atoms with Gasteiger partial charge in [-0.15, -0.1) is 4.68 Å². The second-order valence-electron chi connectivity index (χ2n) is 3.77. The van der Waals surface area contributed by atoms with Crippen LogP contribution in [0.1, 0.15) is 0 Å². The van der Waals surface area contributed by atoms with E-state index in [-0.39, 0.29) is 0 Å². The highest BCUT2D eigenvalue weighted by molar-refractivity contribution is 9.09. The first-order valence-corrected chi connectivity index (χ1v) is 7.81. The van der Waals surface area contributed by atoms with Crippen molar-refractivity contribution in [1.29, 1.82) is 0 Å². The smallest absolute Gasteiger partial charge is 0.293 e. The standard InChI is InChI=1S/C8H10Br2N4S/c9-1-6-4-13-7-11-2-5(10)3-14(7)12-8(13)15-6/h5-6H,1-4H2/p+1. The highest BCUT2D eigenvalue weighted by Crippen LogP contribution is 2.29. The summed E-state index contributed by atoms with van der Waals surface area (Å²) >= 11 is 9.00. The SMILES string of the molecule is BrCC1C[n+]2c(nn3c2NCC(Br)C3)S1. The molecular formula is C8H11Br2N4S+. The van der Waals surface area contributed by atoms with Crippen LogP contribution in [0.25, 0.3) is 0 Å². The predicted octanol–water partition coefficient (Wildman–Crippen LogP) is 1.23. The molecule has 0 saturated carbocycles. The normalized spacial score (nSPS) is 28.4. The van der Waals surface area contributed by atoms with E-state index in [9.17, 15) is 0 Å². The molecule has 0 bridgehead atoms. The van der Waals surface area contributed by atoms with Crippen molar-refractivity contribution in [3.63, 3.8) is 0 Å². The first kappa shape index (κ1) is 10.4. The van der Waals surface area contributed by atoms with Gasteiger partial charge in [0.25, 0.3) is 0 Å². The Morgan fingerprint density at radius 1 is 1.67 bits per heavy atom. The number of nitrogens with zero attached hydrogens (tertiary/aromatic N) is 3. The average Bonchev–Trinajstić information content (AvgIpc) is 2.73. The Morgan fingerprint density at radius 3 is 3.33 bits per heavy atom. The molecule has 0 fully saturated rings. The van der Waals surface area contributed by atoms with Gasteiger partial charge in [0.1, 0.15) is 6.54 Å². The van der Waals surface area contributed by atoms with Gasteiger partial charge in [0, 0.05) is 10.4 Å². The maximum atomic E-state index is 4.61. The minimum atomic E-state index is 0.489. The summed E-state index contributed by atoms with van der Waals surface area (Å²) in [5, 5.41) is 10.8. The van der Waals surface area contributed by atoms with Crippen molar-refractivity contribution in [2.75, 3.05) is 17.2 Å². The zero-order valence-electron chi connectivity index (χ0n) is 7.99. The number of alkyl halides is 2. The molecule has 0 amide bonds. The Hall–Kier alpha value is 0.250. The molecular weight excluding hydrogens is 344 g/mol. The van der Waals surface area contributed by atoms with Crippen LogP contribution in [0.5, 0.6) is 0 Å². The van der Waals surface area contributed by atoms with Gasteiger partial charge < -0.3 is 0 Å². The summed E-state index contributed by atoms with van der Waals surface area (Å²) in [6.45, 7) is 3.00. The lowest BCUT2D eigenvalue weighted by Gasteiger charge is -2.14. The topological polar surface area (TPSA) is 33.7 Å². The molecule has 1 aromatic rings. The first-order chi connectivity index (χ1) is 7.28. The average molecular weight is 355 g/mol. The molecule has 4 nitrogen and oxygen atoms in total. The Morgan fingerprint density at radius 2 is 2.53 bits per heavy atom. The van der Waals surface area contributed by atoms with Crippen molar-refractivity contribution in [2.45, 2.75) is 28.3 Å². The second kappa shape index (κ2) is 3.92. The van der Waals surface area contributed by atoms with Gasteiger partial charge in [0.05, 0.1) is 23.2 Å². The van der Waals surface area contributed by atoms with Gasteiger partial charge in [-0.05, 0) is 0 Å². The Labute approximate surface area is 109 Å². The zero-order chi connectivity index (χ0) is 10.4. The molecule has 3 rings (SSSR count). The third-order valence-corrected chi connectivity index (χ3v) is 5.61. The van der Waals surface area contributed by atoms with Crippen molar-refractivity contribution in [1.82, 2.24) is 9.78 Å². The molecule has 0 radical (unpaired) electrons. The van der Waals surface area contributed by atoms with Crippen LogP contribution in [0.2, 0.25) is 0 Å². The van der Waals surface area contributed by atoms with Gasteiger partial charge >= 0.3 is 11.1 Å². The lowest BCUT2D eigenvalue weighted by Crippen LogP contribution is -2.41. The molecule has 0 aromatic carbocycles. The van der Waals surface area contributed by atoms with E-state index in [0.29, 0.717) is 10.1 Å². The minimum absolute atomic E-state index is 0.489. The van der Waals surface area contributed by atoms with Gasteiger partial charge in [-0.3, -0.25) is 5.32 Å². The summed E-state index contributed by atoms with van der Waals surface area (Å²) < 4.78 is 4.35. The summed E-state index contributed by atoms with van der Waals surface area (Å²) in [4.78, 5) is 0.489. The maximum absolute atomic E-state index is 4.61. The molecule has 2 aliphatic heterocycles. The molecule has 1 aromatic heterocycles. The van der Waals surface area contributed by atoms with Crippen LogP contribution < -0.4 is 9.88 Å². The van der Waals surface area contributed by atoms with E-state index in [4.69, 9.17) is 0 Å².